The molecule has 0 aliphatic heterocycles. The van der Waals surface area contributed by atoms with Crippen molar-refractivity contribution in [1.29, 1.82) is 0 Å². The Morgan fingerprint density at radius 1 is 1.24 bits per heavy atom. The van der Waals surface area contributed by atoms with Crippen molar-refractivity contribution in [2.45, 2.75) is 26.3 Å². The number of rotatable bonds is 9. The number of benzene rings is 2. The van der Waals surface area contributed by atoms with Crippen LogP contribution in [0.2, 0.25) is 0 Å². The molecule has 0 aliphatic rings. The molecule has 0 unspecified atom stereocenters. The second-order valence-electron chi connectivity index (χ2n) is 7.36. The fourth-order valence-electron chi connectivity index (χ4n) is 3.27. The lowest BCUT2D eigenvalue weighted by molar-refractivity contribution is -0.384. The Morgan fingerprint density at radius 2 is 1.91 bits per heavy atom. The third-order valence-electron chi connectivity index (χ3n) is 4.89. The Labute approximate surface area is 200 Å². The van der Waals surface area contributed by atoms with Gasteiger partial charge < -0.3 is 4.74 Å². The Hall–Kier alpha value is -3.58. The van der Waals surface area contributed by atoms with Gasteiger partial charge in [-0.1, -0.05) is 48.1 Å². The van der Waals surface area contributed by atoms with Crippen molar-refractivity contribution in [3.8, 4) is 16.3 Å². The van der Waals surface area contributed by atoms with E-state index in [1.165, 1.54) is 19.2 Å². The fraction of sp³-hybridized carbons (Fsp3) is 0.286. The zero-order valence-electron chi connectivity index (χ0n) is 18.9. The van der Waals surface area contributed by atoms with Crippen LogP contribution in [0.15, 0.2) is 42.5 Å². The number of nitro groups is 1. The molecule has 0 saturated heterocycles. The number of amides is 1. The Balaban J connectivity index is 1.95. The molecule has 3 aromatic rings. The zero-order chi connectivity index (χ0) is 25.0. The van der Waals surface area contributed by atoms with E-state index in [9.17, 15) is 23.3 Å². The van der Waals surface area contributed by atoms with Gasteiger partial charge in [0.1, 0.15) is 22.5 Å². The van der Waals surface area contributed by atoms with Crippen molar-refractivity contribution in [3.05, 3.63) is 58.1 Å². The van der Waals surface area contributed by atoms with E-state index >= 15 is 0 Å². The van der Waals surface area contributed by atoms with Gasteiger partial charge in [-0.05, 0) is 19.4 Å². The highest BCUT2D eigenvalue weighted by Gasteiger charge is 2.35. The maximum absolute atomic E-state index is 13.2. The molecule has 0 radical (unpaired) electrons. The number of methoxy groups -OCH3 is 1. The SMILES string of the molecule is CC[C@H](C(=O)Nc1nnc(-c2ccc(C)cc2)s1)N(c1cc([N+](=O)[O-])ccc1OC)S(C)(=O)=O. The molecule has 1 amide bonds. The number of hydrogen-bond acceptors (Lipinski definition) is 9. The van der Waals surface area contributed by atoms with Gasteiger partial charge >= 0.3 is 0 Å². The summed E-state index contributed by atoms with van der Waals surface area (Å²) in [4.78, 5) is 23.8. The van der Waals surface area contributed by atoms with Crippen molar-refractivity contribution in [2.24, 2.45) is 0 Å². The molecule has 0 spiro atoms. The summed E-state index contributed by atoms with van der Waals surface area (Å²) >= 11 is 1.14. The van der Waals surface area contributed by atoms with E-state index in [0.29, 0.717) is 5.01 Å². The summed E-state index contributed by atoms with van der Waals surface area (Å²) in [5.41, 5.74) is 1.46. The van der Waals surface area contributed by atoms with Crippen LogP contribution < -0.4 is 14.4 Å². The second-order valence-corrected chi connectivity index (χ2v) is 10.2. The predicted octanol–water partition coefficient (Wildman–Crippen LogP) is 3.61. The van der Waals surface area contributed by atoms with E-state index in [1.54, 1.807) is 6.92 Å². The molecule has 3 rings (SSSR count). The summed E-state index contributed by atoms with van der Waals surface area (Å²) in [6, 6.07) is 9.95. The fourth-order valence-corrected chi connectivity index (χ4v) is 5.23. The lowest BCUT2D eigenvalue weighted by atomic mass is 10.1. The summed E-state index contributed by atoms with van der Waals surface area (Å²) in [6.45, 7) is 3.59. The lowest BCUT2D eigenvalue weighted by Gasteiger charge is -2.30. The molecule has 1 atom stereocenters. The molecular weight excluding hydrogens is 482 g/mol. The molecule has 0 saturated carbocycles. The van der Waals surface area contributed by atoms with E-state index in [0.717, 1.165) is 39.1 Å². The van der Waals surface area contributed by atoms with Gasteiger partial charge in [0.15, 0.2) is 0 Å². The van der Waals surface area contributed by atoms with Crippen molar-refractivity contribution in [2.75, 3.05) is 23.0 Å². The minimum atomic E-state index is -4.05. The molecule has 11 nitrogen and oxygen atoms in total. The average Bonchev–Trinajstić information content (AvgIpc) is 3.24. The maximum atomic E-state index is 13.2. The highest BCUT2D eigenvalue weighted by molar-refractivity contribution is 7.92. The van der Waals surface area contributed by atoms with Crippen LogP contribution in [0.25, 0.3) is 10.6 Å². The topological polar surface area (TPSA) is 145 Å². The number of aryl methyl sites for hydroxylation is 1. The highest BCUT2D eigenvalue weighted by atomic mass is 32.2. The summed E-state index contributed by atoms with van der Waals surface area (Å²) < 4.78 is 31.6. The Bertz CT molecular complexity index is 1310. The van der Waals surface area contributed by atoms with Crippen LogP contribution in [-0.2, 0) is 14.8 Å². The van der Waals surface area contributed by atoms with Crippen molar-refractivity contribution in [3.63, 3.8) is 0 Å². The van der Waals surface area contributed by atoms with Gasteiger partial charge in [-0.25, -0.2) is 8.42 Å². The first-order valence-electron chi connectivity index (χ1n) is 10.1. The molecule has 0 fully saturated rings. The number of hydrogen-bond donors (Lipinski definition) is 1. The third kappa shape index (κ3) is 5.48. The van der Waals surface area contributed by atoms with Crippen LogP contribution in [0.5, 0.6) is 5.75 Å². The lowest BCUT2D eigenvalue weighted by Crippen LogP contribution is -2.47. The number of non-ortho nitro benzene ring substituents is 1. The first kappa shape index (κ1) is 25.1. The van der Waals surface area contributed by atoms with Crippen LogP contribution >= 0.6 is 11.3 Å². The van der Waals surface area contributed by atoms with E-state index in [-0.39, 0.29) is 28.7 Å². The Kier molecular flexibility index (Phi) is 7.47. The van der Waals surface area contributed by atoms with Crippen molar-refractivity contribution >= 4 is 43.8 Å². The smallest absolute Gasteiger partial charge is 0.271 e. The normalized spacial score (nSPS) is 12.1. The summed E-state index contributed by atoms with van der Waals surface area (Å²) in [6.07, 6.45) is 0.996. The van der Waals surface area contributed by atoms with Crippen molar-refractivity contribution < 1.29 is 22.9 Å². The van der Waals surface area contributed by atoms with Gasteiger partial charge in [-0.3, -0.25) is 24.5 Å². The number of anilines is 2. The van der Waals surface area contributed by atoms with Gasteiger partial charge in [-0.15, -0.1) is 10.2 Å². The van der Waals surface area contributed by atoms with Gasteiger partial charge in [-0.2, -0.15) is 0 Å². The van der Waals surface area contributed by atoms with Crippen LogP contribution in [0.3, 0.4) is 0 Å². The minimum Gasteiger partial charge on any atom is -0.495 e. The first-order chi connectivity index (χ1) is 16.0. The highest BCUT2D eigenvalue weighted by Crippen LogP contribution is 2.36. The molecule has 34 heavy (non-hydrogen) atoms. The van der Waals surface area contributed by atoms with Crippen LogP contribution in [0, 0.1) is 17.0 Å². The van der Waals surface area contributed by atoms with Gasteiger partial charge in [0.05, 0.1) is 18.3 Å². The summed E-state index contributed by atoms with van der Waals surface area (Å²) in [5, 5.41) is 22.8. The number of nitrogens with zero attached hydrogens (tertiary/aromatic N) is 4. The van der Waals surface area contributed by atoms with Crippen LogP contribution in [0.4, 0.5) is 16.5 Å². The van der Waals surface area contributed by atoms with Gasteiger partial charge in [0.25, 0.3) is 5.69 Å². The predicted molar refractivity (Wildman–Crippen MR) is 130 cm³/mol. The monoisotopic (exact) mass is 505 g/mol. The largest absolute Gasteiger partial charge is 0.495 e. The van der Waals surface area contributed by atoms with Gasteiger partial charge in [0, 0.05) is 17.7 Å². The molecule has 1 aromatic heterocycles. The number of nitro benzene ring substituents is 1. The zero-order valence-corrected chi connectivity index (χ0v) is 20.5. The number of carbonyl (C=O) groups is 1. The summed E-state index contributed by atoms with van der Waals surface area (Å²) in [7, 11) is -2.74. The number of nitrogens with one attached hydrogen (secondary N) is 1. The number of sulfonamides is 1. The molecule has 0 bridgehead atoms. The average molecular weight is 506 g/mol. The van der Waals surface area contributed by atoms with Crippen LogP contribution in [-0.4, -0.2) is 48.9 Å². The van der Waals surface area contributed by atoms with E-state index in [4.69, 9.17) is 4.74 Å². The summed E-state index contributed by atoms with van der Waals surface area (Å²) in [5.74, 6) is -0.590. The minimum absolute atomic E-state index is 0.0693. The number of ether oxygens (including phenoxy) is 1. The maximum Gasteiger partial charge on any atom is 0.271 e. The molecule has 1 N–H and O–H groups in total. The number of aromatic nitrogens is 2. The quantitative estimate of drug-likeness (QED) is 0.343. The first-order valence-corrected chi connectivity index (χ1v) is 12.7. The van der Waals surface area contributed by atoms with Gasteiger partial charge in [0.2, 0.25) is 21.1 Å². The van der Waals surface area contributed by atoms with Crippen molar-refractivity contribution in [1.82, 2.24) is 10.2 Å². The Morgan fingerprint density at radius 3 is 2.47 bits per heavy atom. The molecule has 180 valence electrons. The standard InChI is InChI=1S/C21H23N5O6S2/c1-5-16(19(27)22-21-24-23-20(33-21)14-8-6-13(2)7-9-14)25(34(4,30)31)17-12-15(26(28)29)10-11-18(17)32-3/h6-12,16H,5H2,1-4H3,(H,22,24,27)/t16-/m1/s1. The molecule has 2 aromatic carbocycles. The molecule has 13 heteroatoms. The van der Waals surface area contributed by atoms with E-state index < -0.39 is 26.9 Å². The third-order valence-corrected chi connectivity index (χ3v) is 6.95. The molecule has 0 aliphatic carbocycles. The number of carbonyl (C=O) groups excluding carboxylic acids is 1. The van der Waals surface area contributed by atoms with Crippen LogP contribution in [0.1, 0.15) is 18.9 Å². The second kappa shape index (κ2) is 10.1. The molecular formula is C21H23N5O6S2. The molecule has 1 heterocycles. The van der Waals surface area contributed by atoms with E-state index in [1.807, 2.05) is 31.2 Å². The van der Waals surface area contributed by atoms with E-state index in [2.05, 4.69) is 15.5 Å².